The standard InChI is InChI=1S/C23H28FN3O2/c1-13-16(11-20(28)29)19(27-7-5-23(3,4)6-8-27)10-18-21(13)26-14(2)17-9-15(24)12-25-22(17)18/h9-10,12,14,26H,5-8,11H2,1-4H3,(H,28,29)/t14-/m0/s1. The summed E-state index contributed by atoms with van der Waals surface area (Å²) in [6, 6.07) is 3.49. The maximum atomic E-state index is 13.8. The molecule has 1 aromatic heterocycles. The molecule has 2 aromatic rings. The molecule has 1 atom stereocenters. The lowest BCUT2D eigenvalue weighted by Gasteiger charge is -2.40. The third kappa shape index (κ3) is 3.56. The van der Waals surface area contributed by atoms with Crippen molar-refractivity contribution in [3.05, 3.63) is 40.8 Å². The first kappa shape index (κ1) is 19.7. The van der Waals surface area contributed by atoms with E-state index in [0.717, 1.165) is 65.3 Å². The van der Waals surface area contributed by atoms with E-state index < -0.39 is 5.97 Å². The average molecular weight is 397 g/mol. The van der Waals surface area contributed by atoms with Gasteiger partial charge in [-0.25, -0.2) is 4.39 Å². The van der Waals surface area contributed by atoms with Crippen LogP contribution in [0.3, 0.4) is 0 Å². The average Bonchev–Trinajstić information content (AvgIpc) is 2.65. The van der Waals surface area contributed by atoms with Crippen molar-refractivity contribution in [1.82, 2.24) is 4.98 Å². The van der Waals surface area contributed by atoms with Gasteiger partial charge in [0.05, 0.1) is 24.4 Å². The van der Waals surface area contributed by atoms with Gasteiger partial charge in [-0.15, -0.1) is 0 Å². The number of rotatable bonds is 3. The van der Waals surface area contributed by atoms with Crippen LogP contribution in [0.5, 0.6) is 0 Å². The molecule has 3 heterocycles. The molecule has 2 aliphatic heterocycles. The minimum Gasteiger partial charge on any atom is -0.481 e. The smallest absolute Gasteiger partial charge is 0.307 e. The Morgan fingerprint density at radius 1 is 1.34 bits per heavy atom. The molecule has 1 saturated heterocycles. The summed E-state index contributed by atoms with van der Waals surface area (Å²) in [6.07, 6.45) is 3.36. The second-order valence-electron chi connectivity index (χ2n) is 9.10. The molecule has 4 rings (SSSR count). The molecule has 2 aliphatic rings. The highest BCUT2D eigenvalue weighted by Gasteiger charge is 2.31. The normalized spacial score (nSPS) is 19.9. The topological polar surface area (TPSA) is 65.5 Å². The number of fused-ring (bicyclic) bond motifs is 3. The number of aliphatic carboxylic acids is 1. The van der Waals surface area contributed by atoms with Crippen LogP contribution in [0.1, 0.15) is 56.3 Å². The van der Waals surface area contributed by atoms with E-state index in [9.17, 15) is 14.3 Å². The maximum Gasteiger partial charge on any atom is 0.307 e. The Morgan fingerprint density at radius 3 is 2.69 bits per heavy atom. The first-order chi connectivity index (χ1) is 13.7. The number of anilines is 2. The Balaban J connectivity index is 1.88. The summed E-state index contributed by atoms with van der Waals surface area (Å²) in [5.41, 5.74) is 6.48. The fourth-order valence-electron chi connectivity index (χ4n) is 4.53. The van der Waals surface area contributed by atoms with E-state index in [4.69, 9.17) is 0 Å². The van der Waals surface area contributed by atoms with Crippen molar-refractivity contribution in [2.45, 2.75) is 53.0 Å². The van der Waals surface area contributed by atoms with Gasteiger partial charge in [-0.2, -0.15) is 0 Å². The predicted octanol–water partition coefficient (Wildman–Crippen LogP) is 4.94. The molecule has 29 heavy (non-hydrogen) atoms. The van der Waals surface area contributed by atoms with Crippen LogP contribution in [0.2, 0.25) is 0 Å². The lowest BCUT2D eigenvalue weighted by molar-refractivity contribution is -0.136. The minimum absolute atomic E-state index is 0.0197. The first-order valence-corrected chi connectivity index (χ1v) is 10.2. The van der Waals surface area contributed by atoms with Crippen molar-refractivity contribution in [2.75, 3.05) is 23.3 Å². The van der Waals surface area contributed by atoms with Gasteiger partial charge in [0.1, 0.15) is 5.82 Å². The Hall–Kier alpha value is -2.63. The molecule has 154 valence electrons. The van der Waals surface area contributed by atoms with Gasteiger partial charge >= 0.3 is 5.97 Å². The Bertz CT molecular complexity index is 977. The quantitative estimate of drug-likeness (QED) is 0.768. The third-order valence-electron chi connectivity index (χ3n) is 6.44. The number of benzene rings is 1. The van der Waals surface area contributed by atoms with Crippen LogP contribution in [0, 0.1) is 18.2 Å². The van der Waals surface area contributed by atoms with E-state index in [1.54, 1.807) is 0 Å². The Kier molecular flexibility index (Phi) is 4.75. The van der Waals surface area contributed by atoms with E-state index in [1.807, 2.05) is 13.8 Å². The van der Waals surface area contributed by atoms with Gasteiger partial charge in [-0.1, -0.05) is 13.8 Å². The number of nitrogens with zero attached hydrogens (tertiary/aromatic N) is 2. The van der Waals surface area contributed by atoms with Crippen molar-refractivity contribution in [3.8, 4) is 11.3 Å². The highest BCUT2D eigenvalue weighted by Crippen LogP contribution is 2.46. The number of hydrogen-bond acceptors (Lipinski definition) is 4. The van der Waals surface area contributed by atoms with E-state index in [-0.39, 0.29) is 18.3 Å². The molecule has 0 amide bonds. The number of aromatic nitrogens is 1. The second kappa shape index (κ2) is 7.01. The summed E-state index contributed by atoms with van der Waals surface area (Å²) in [7, 11) is 0. The van der Waals surface area contributed by atoms with Crippen molar-refractivity contribution < 1.29 is 14.3 Å². The fraction of sp³-hybridized carbons (Fsp3) is 0.478. The minimum atomic E-state index is -0.837. The summed E-state index contributed by atoms with van der Waals surface area (Å²) in [6.45, 7) is 10.3. The van der Waals surface area contributed by atoms with Gasteiger partial charge in [0.15, 0.2) is 0 Å². The molecule has 0 aliphatic carbocycles. The summed E-state index contributed by atoms with van der Waals surface area (Å²) in [5.74, 6) is -1.19. The predicted molar refractivity (Wildman–Crippen MR) is 113 cm³/mol. The van der Waals surface area contributed by atoms with E-state index in [1.165, 1.54) is 12.3 Å². The van der Waals surface area contributed by atoms with Gasteiger partial charge in [0.25, 0.3) is 0 Å². The van der Waals surface area contributed by atoms with Crippen LogP contribution in [0.25, 0.3) is 11.3 Å². The number of hydrogen-bond donors (Lipinski definition) is 2. The van der Waals surface area contributed by atoms with Crippen LogP contribution >= 0.6 is 0 Å². The maximum absolute atomic E-state index is 13.8. The third-order valence-corrected chi connectivity index (χ3v) is 6.44. The van der Waals surface area contributed by atoms with Crippen LogP contribution in [0.4, 0.5) is 15.8 Å². The summed E-state index contributed by atoms with van der Waals surface area (Å²) < 4.78 is 13.8. The summed E-state index contributed by atoms with van der Waals surface area (Å²) >= 11 is 0. The molecular weight excluding hydrogens is 369 g/mol. The largest absolute Gasteiger partial charge is 0.481 e. The zero-order valence-electron chi connectivity index (χ0n) is 17.5. The van der Waals surface area contributed by atoms with E-state index in [0.29, 0.717) is 5.41 Å². The number of carbonyl (C=O) groups is 1. The molecule has 1 aromatic carbocycles. The molecule has 0 saturated carbocycles. The highest BCUT2D eigenvalue weighted by atomic mass is 19.1. The molecule has 0 radical (unpaired) electrons. The van der Waals surface area contributed by atoms with Gasteiger partial charge in [-0.05, 0) is 55.4 Å². The molecule has 6 heteroatoms. The van der Waals surface area contributed by atoms with E-state index >= 15 is 0 Å². The zero-order valence-corrected chi connectivity index (χ0v) is 17.5. The molecule has 0 unspecified atom stereocenters. The number of carboxylic acids is 1. The van der Waals surface area contributed by atoms with Crippen LogP contribution in [0.15, 0.2) is 18.3 Å². The summed E-state index contributed by atoms with van der Waals surface area (Å²) in [4.78, 5) is 18.3. The highest BCUT2D eigenvalue weighted by molar-refractivity contribution is 5.90. The Labute approximate surface area is 171 Å². The van der Waals surface area contributed by atoms with Gasteiger partial charge in [0.2, 0.25) is 0 Å². The van der Waals surface area contributed by atoms with Crippen molar-refractivity contribution in [3.63, 3.8) is 0 Å². The van der Waals surface area contributed by atoms with E-state index in [2.05, 4.69) is 35.1 Å². The lowest BCUT2D eigenvalue weighted by Crippen LogP contribution is -2.38. The number of piperidine rings is 1. The van der Waals surface area contributed by atoms with Crippen molar-refractivity contribution >= 4 is 17.3 Å². The monoisotopic (exact) mass is 397 g/mol. The lowest BCUT2D eigenvalue weighted by atomic mass is 9.82. The van der Waals surface area contributed by atoms with Gasteiger partial charge < -0.3 is 15.3 Å². The molecule has 0 bridgehead atoms. The van der Waals surface area contributed by atoms with Crippen molar-refractivity contribution in [1.29, 1.82) is 0 Å². The molecule has 2 N–H and O–H groups in total. The van der Waals surface area contributed by atoms with Gasteiger partial charge in [-0.3, -0.25) is 9.78 Å². The second-order valence-corrected chi connectivity index (χ2v) is 9.10. The number of pyridine rings is 1. The molecule has 5 nitrogen and oxygen atoms in total. The Morgan fingerprint density at radius 2 is 2.03 bits per heavy atom. The molecular formula is C23H28FN3O2. The van der Waals surface area contributed by atoms with Crippen LogP contribution < -0.4 is 10.2 Å². The van der Waals surface area contributed by atoms with Crippen LogP contribution in [-0.2, 0) is 11.2 Å². The van der Waals surface area contributed by atoms with Gasteiger partial charge in [0, 0.05) is 35.6 Å². The molecule has 0 spiro atoms. The van der Waals surface area contributed by atoms with Crippen LogP contribution in [-0.4, -0.2) is 29.1 Å². The van der Waals surface area contributed by atoms with Crippen molar-refractivity contribution in [2.24, 2.45) is 5.41 Å². The number of halogens is 1. The molecule has 1 fully saturated rings. The number of nitrogens with one attached hydrogen (secondary N) is 1. The number of carboxylic acid groups (broad SMARTS) is 1. The zero-order chi connectivity index (χ0) is 20.9. The SMILES string of the molecule is Cc1c(CC(=O)O)c(N2CCC(C)(C)CC2)cc2c1N[C@@H](C)c1cc(F)cnc1-2. The summed E-state index contributed by atoms with van der Waals surface area (Å²) in [5, 5.41) is 13.0. The fourth-order valence-corrected chi connectivity index (χ4v) is 4.53. The first-order valence-electron chi connectivity index (χ1n) is 10.2.